The normalized spacial score (nSPS) is 21.6. The topological polar surface area (TPSA) is 79.8 Å². The van der Waals surface area contributed by atoms with Gasteiger partial charge in [-0.2, -0.15) is 0 Å². The van der Waals surface area contributed by atoms with Crippen molar-refractivity contribution in [3.8, 4) is 0 Å². The summed E-state index contributed by atoms with van der Waals surface area (Å²) in [6.45, 7) is 10.7. The third-order valence-corrected chi connectivity index (χ3v) is 4.78. The summed E-state index contributed by atoms with van der Waals surface area (Å²) < 4.78 is 11.1. The van der Waals surface area contributed by atoms with E-state index in [1.807, 2.05) is 51.1 Å². The number of carbonyl (C=O) groups excluding carboxylic acids is 1. The zero-order chi connectivity index (χ0) is 20.8. The predicted molar refractivity (Wildman–Crippen MR) is 110 cm³/mol. The van der Waals surface area contributed by atoms with Crippen molar-refractivity contribution in [3.05, 3.63) is 35.9 Å². The Morgan fingerprint density at radius 3 is 2.61 bits per heavy atom. The molecule has 28 heavy (non-hydrogen) atoms. The Labute approximate surface area is 169 Å². The Hall–Kier alpha value is -1.63. The van der Waals surface area contributed by atoms with Crippen LogP contribution in [0.15, 0.2) is 30.3 Å². The van der Waals surface area contributed by atoms with E-state index in [0.29, 0.717) is 19.6 Å². The molecule has 0 saturated carbocycles. The zero-order valence-corrected chi connectivity index (χ0v) is 17.8. The first-order valence-electron chi connectivity index (χ1n) is 10.1. The number of hydrogen-bond donors (Lipinski definition) is 3. The lowest BCUT2D eigenvalue weighted by molar-refractivity contribution is -0.0641. The number of nitrogens with one attached hydrogen (secondary N) is 2. The van der Waals surface area contributed by atoms with Crippen LogP contribution in [0.4, 0.5) is 4.79 Å². The molecule has 0 spiro atoms. The van der Waals surface area contributed by atoms with Crippen molar-refractivity contribution in [3.63, 3.8) is 0 Å². The summed E-state index contributed by atoms with van der Waals surface area (Å²) in [5.74, 6) is 0. The summed E-state index contributed by atoms with van der Waals surface area (Å²) in [5, 5.41) is 17.1. The molecule has 1 fully saturated rings. The summed E-state index contributed by atoms with van der Waals surface area (Å²) in [6.07, 6.45) is 1.09. The van der Waals surface area contributed by atoms with E-state index in [-0.39, 0.29) is 11.6 Å². The number of rotatable bonds is 7. The molecule has 0 aliphatic carbocycles. The fraction of sp³-hybridized carbons (Fsp3) is 0.682. The SMILES string of the molecule is CC(C)(C)OC(=O)N[C@@H](Cc1ccccc1)[C@H](O)CNC1CCOC(C)(C)C1. The van der Waals surface area contributed by atoms with E-state index in [1.54, 1.807) is 0 Å². The number of ether oxygens (including phenoxy) is 2. The Morgan fingerprint density at radius 2 is 2.00 bits per heavy atom. The minimum absolute atomic E-state index is 0.154. The van der Waals surface area contributed by atoms with Gasteiger partial charge in [0, 0.05) is 19.2 Å². The van der Waals surface area contributed by atoms with Crippen LogP contribution in [0.1, 0.15) is 53.0 Å². The molecule has 6 heteroatoms. The summed E-state index contributed by atoms with van der Waals surface area (Å²) in [6, 6.07) is 9.68. The maximum absolute atomic E-state index is 12.3. The van der Waals surface area contributed by atoms with Crippen LogP contribution in [-0.2, 0) is 15.9 Å². The van der Waals surface area contributed by atoms with Gasteiger partial charge >= 0.3 is 6.09 Å². The van der Waals surface area contributed by atoms with Gasteiger partial charge in [-0.1, -0.05) is 30.3 Å². The minimum atomic E-state index is -0.737. The van der Waals surface area contributed by atoms with Gasteiger partial charge < -0.3 is 25.2 Å². The number of aliphatic hydroxyl groups excluding tert-OH is 1. The molecule has 1 heterocycles. The summed E-state index contributed by atoms with van der Waals surface area (Å²) in [4.78, 5) is 12.3. The Bertz CT molecular complexity index is 613. The van der Waals surface area contributed by atoms with Gasteiger partial charge in [-0.15, -0.1) is 0 Å². The molecule has 0 radical (unpaired) electrons. The first kappa shape index (κ1) is 22.7. The lowest BCUT2D eigenvalue weighted by Gasteiger charge is -2.36. The molecule has 3 N–H and O–H groups in total. The summed E-state index contributed by atoms with van der Waals surface area (Å²) in [5.41, 5.74) is 0.312. The van der Waals surface area contributed by atoms with Crippen LogP contribution in [-0.4, -0.2) is 53.7 Å². The smallest absolute Gasteiger partial charge is 0.407 e. The highest BCUT2D eigenvalue weighted by Gasteiger charge is 2.30. The van der Waals surface area contributed by atoms with Crippen molar-refractivity contribution >= 4 is 6.09 Å². The molecule has 0 bridgehead atoms. The monoisotopic (exact) mass is 392 g/mol. The number of alkyl carbamates (subject to hydrolysis) is 1. The molecule has 1 aromatic carbocycles. The third kappa shape index (κ3) is 8.17. The average molecular weight is 393 g/mol. The Balaban J connectivity index is 1.97. The predicted octanol–water partition coefficient (Wildman–Crippen LogP) is 3.03. The minimum Gasteiger partial charge on any atom is -0.444 e. The zero-order valence-electron chi connectivity index (χ0n) is 17.8. The van der Waals surface area contributed by atoms with Gasteiger partial charge in [-0.05, 0) is 59.4 Å². The highest BCUT2D eigenvalue weighted by Crippen LogP contribution is 2.24. The van der Waals surface area contributed by atoms with Crippen molar-refractivity contribution < 1.29 is 19.4 Å². The van der Waals surface area contributed by atoms with Crippen LogP contribution in [0.5, 0.6) is 0 Å². The number of carbonyl (C=O) groups is 1. The van der Waals surface area contributed by atoms with E-state index in [0.717, 1.165) is 18.4 Å². The summed E-state index contributed by atoms with van der Waals surface area (Å²) >= 11 is 0. The largest absolute Gasteiger partial charge is 0.444 e. The lowest BCUT2D eigenvalue weighted by Crippen LogP contribution is -2.52. The molecule has 1 saturated heterocycles. The van der Waals surface area contributed by atoms with E-state index in [2.05, 4.69) is 24.5 Å². The van der Waals surface area contributed by atoms with Gasteiger partial charge in [0.25, 0.3) is 0 Å². The maximum Gasteiger partial charge on any atom is 0.407 e. The second-order valence-electron chi connectivity index (χ2n) is 9.22. The Kier molecular flexibility index (Phi) is 7.87. The van der Waals surface area contributed by atoms with Crippen LogP contribution in [0.2, 0.25) is 0 Å². The van der Waals surface area contributed by atoms with Gasteiger partial charge in [-0.3, -0.25) is 0 Å². The molecule has 2 rings (SSSR count). The van der Waals surface area contributed by atoms with Crippen molar-refractivity contribution in [1.82, 2.24) is 10.6 Å². The first-order valence-corrected chi connectivity index (χ1v) is 10.1. The third-order valence-electron chi connectivity index (χ3n) is 4.78. The Morgan fingerprint density at radius 1 is 1.32 bits per heavy atom. The van der Waals surface area contributed by atoms with Crippen LogP contribution >= 0.6 is 0 Å². The van der Waals surface area contributed by atoms with Gasteiger partial charge in [-0.25, -0.2) is 4.79 Å². The van der Waals surface area contributed by atoms with Gasteiger partial charge in [0.1, 0.15) is 5.60 Å². The van der Waals surface area contributed by atoms with E-state index < -0.39 is 23.8 Å². The molecule has 0 aromatic heterocycles. The van der Waals surface area contributed by atoms with E-state index in [9.17, 15) is 9.90 Å². The van der Waals surface area contributed by atoms with Crippen molar-refractivity contribution in [2.75, 3.05) is 13.2 Å². The van der Waals surface area contributed by atoms with E-state index in [1.165, 1.54) is 0 Å². The van der Waals surface area contributed by atoms with Gasteiger partial charge in [0.05, 0.1) is 17.7 Å². The van der Waals surface area contributed by atoms with Crippen LogP contribution in [0, 0.1) is 0 Å². The molecule has 1 aliphatic rings. The molecule has 3 atom stereocenters. The standard InChI is InChI=1S/C22H36N2O4/c1-21(2,3)28-20(26)24-18(13-16-9-7-6-8-10-16)19(25)15-23-17-11-12-27-22(4,5)14-17/h6-10,17-19,23,25H,11-15H2,1-5H3,(H,24,26)/t17?,18-,19+/m0/s1. The van der Waals surface area contributed by atoms with E-state index >= 15 is 0 Å². The average Bonchev–Trinajstić information content (AvgIpc) is 2.57. The van der Waals surface area contributed by atoms with Gasteiger partial charge in [0.2, 0.25) is 0 Å². The molecule has 1 amide bonds. The number of amides is 1. The number of aliphatic hydroxyl groups is 1. The fourth-order valence-corrected chi connectivity index (χ4v) is 3.45. The highest BCUT2D eigenvalue weighted by molar-refractivity contribution is 5.68. The summed E-state index contributed by atoms with van der Waals surface area (Å²) in [7, 11) is 0. The molecule has 1 aliphatic heterocycles. The van der Waals surface area contributed by atoms with Crippen molar-refractivity contribution in [2.45, 2.75) is 83.3 Å². The molecule has 1 aromatic rings. The quantitative estimate of drug-likeness (QED) is 0.665. The molecular weight excluding hydrogens is 356 g/mol. The molecule has 1 unspecified atom stereocenters. The second kappa shape index (κ2) is 9.72. The van der Waals surface area contributed by atoms with Crippen LogP contribution in [0.25, 0.3) is 0 Å². The van der Waals surface area contributed by atoms with Crippen LogP contribution < -0.4 is 10.6 Å². The molecule has 6 nitrogen and oxygen atoms in total. The number of benzene rings is 1. The van der Waals surface area contributed by atoms with Crippen LogP contribution in [0.3, 0.4) is 0 Å². The van der Waals surface area contributed by atoms with Gasteiger partial charge in [0.15, 0.2) is 0 Å². The van der Waals surface area contributed by atoms with Crippen molar-refractivity contribution in [1.29, 1.82) is 0 Å². The second-order valence-corrected chi connectivity index (χ2v) is 9.22. The first-order chi connectivity index (χ1) is 13.0. The lowest BCUT2D eigenvalue weighted by atomic mass is 9.93. The molecule has 158 valence electrons. The maximum atomic E-state index is 12.3. The molecular formula is C22H36N2O4. The highest BCUT2D eigenvalue weighted by atomic mass is 16.6. The number of hydrogen-bond acceptors (Lipinski definition) is 5. The van der Waals surface area contributed by atoms with Crippen molar-refractivity contribution in [2.24, 2.45) is 0 Å². The van der Waals surface area contributed by atoms with E-state index in [4.69, 9.17) is 9.47 Å². The fourth-order valence-electron chi connectivity index (χ4n) is 3.45.